The highest BCUT2D eigenvalue weighted by atomic mass is 79.9. The van der Waals surface area contributed by atoms with E-state index in [0.717, 1.165) is 16.5 Å². The summed E-state index contributed by atoms with van der Waals surface area (Å²) in [6.45, 7) is 0.305. The maximum absolute atomic E-state index is 13.0. The quantitative estimate of drug-likeness (QED) is 0.813. The molecule has 20 heavy (non-hydrogen) atoms. The van der Waals surface area contributed by atoms with Crippen LogP contribution in [0.5, 0.6) is 0 Å². The maximum Gasteiger partial charge on any atom is 0.251 e. The van der Waals surface area contributed by atoms with E-state index in [4.69, 9.17) is 11.6 Å². The fourth-order valence-corrected chi connectivity index (χ4v) is 2.26. The number of amides is 1. The topological polar surface area (TPSA) is 29.1 Å². The molecule has 0 saturated carbocycles. The van der Waals surface area contributed by atoms with Gasteiger partial charge in [-0.1, -0.05) is 45.7 Å². The molecule has 2 aromatic carbocycles. The number of alkyl halides is 1. The van der Waals surface area contributed by atoms with Gasteiger partial charge in [0, 0.05) is 17.4 Å². The molecule has 1 amide bonds. The van der Waals surface area contributed by atoms with Crippen molar-refractivity contribution in [3.8, 4) is 0 Å². The lowest BCUT2D eigenvalue weighted by Gasteiger charge is -2.06. The lowest BCUT2D eigenvalue weighted by molar-refractivity contribution is 0.0951. The minimum Gasteiger partial charge on any atom is -0.348 e. The number of hydrogen-bond acceptors (Lipinski definition) is 1. The first kappa shape index (κ1) is 15.0. The summed E-state index contributed by atoms with van der Waals surface area (Å²) < 4.78 is 13.0. The van der Waals surface area contributed by atoms with Crippen molar-refractivity contribution in [2.45, 2.75) is 11.9 Å². The Balaban J connectivity index is 1.98. The molecule has 2 rings (SSSR count). The first-order valence-corrected chi connectivity index (χ1v) is 7.47. The Bertz CT molecular complexity index is 616. The van der Waals surface area contributed by atoms with Gasteiger partial charge < -0.3 is 5.32 Å². The SMILES string of the molecule is O=C(NCc1ccc(F)c(Cl)c1)c1ccc(CBr)cc1. The van der Waals surface area contributed by atoms with E-state index in [1.54, 1.807) is 18.2 Å². The van der Waals surface area contributed by atoms with Crippen molar-refractivity contribution in [2.24, 2.45) is 0 Å². The smallest absolute Gasteiger partial charge is 0.251 e. The van der Waals surface area contributed by atoms with Gasteiger partial charge in [-0.05, 0) is 35.4 Å². The average molecular weight is 357 g/mol. The van der Waals surface area contributed by atoms with E-state index < -0.39 is 5.82 Å². The molecule has 0 heterocycles. The number of halogens is 3. The summed E-state index contributed by atoms with van der Waals surface area (Å²) in [5, 5.41) is 3.57. The average Bonchev–Trinajstić information content (AvgIpc) is 2.48. The lowest BCUT2D eigenvalue weighted by atomic mass is 10.1. The standard InChI is InChI=1S/C15H12BrClFNO/c16-8-10-1-4-12(5-2-10)15(20)19-9-11-3-6-14(18)13(17)7-11/h1-7H,8-9H2,(H,19,20). The highest BCUT2D eigenvalue weighted by Gasteiger charge is 2.06. The van der Waals surface area contributed by atoms with Crippen molar-refractivity contribution in [2.75, 3.05) is 0 Å². The maximum atomic E-state index is 13.0. The third-order valence-electron chi connectivity index (χ3n) is 2.81. The van der Waals surface area contributed by atoms with E-state index in [1.165, 1.54) is 12.1 Å². The second kappa shape index (κ2) is 6.86. The van der Waals surface area contributed by atoms with E-state index in [2.05, 4.69) is 21.2 Å². The summed E-state index contributed by atoms with van der Waals surface area (Å²) in [6, 6.07) is 11.7. The molecule has 0 aliphatic heterocycles. The summed E-state index contributed by atoms with van der Waals surface area (Å²) in [5.74, 6) is -0.640. The number of rotatable bonds is 4. The third kappa shape index (κ3) is 3.81. The lowest BCUT2D eigenvalue weighted by Crippen LogP contribution is -2.22. The Labute approximate surface area is 130 Å². The molecule has 5 heteroatoms. The second-order valence-corrected chi connectivity index (χ2v) is 5.23. The molecule has 0 unspecified atom stereocenters. The van der Waals surface area contributed by atoms with Gasteiger partial charge in [-0.2, -0.15) is 0 Å². The van der Waals surface area contributed by atoms with Crippen LogP contribution in [-0.2, 0) is 11.9 Å². The molecule has 2 nitrogen and oxygen atoms in total. The molecule has 104 valence electrons. The Morgan fingerprint density at radius 2 is 1.80 bits per heavy atom. The van der Waals surface area contributed by atoms with Crippen LogP contribution in [0.3, 0.4) is 0 Å². The van der Waals surface area contributed by atoms with Crippen LogP contribution in [0.25, 0.3) is 0 Å². The van der Waals surface area contributed by atoms with Crippen LogP contribution in [0.4, 0.5) is 4.39 Å². The minimum absolute atomic E-state index is 0.0541. The Morgan fingerprint density at radius 3 is 2.40 bits per heavy atom. The zero-order valence-electron chi connectivity index (χ0n) is 10.5. The fraction of sp³-hybridized carbons (Fsp3) is 0.133. The van der Waals surface area contributed by atoms with Gasteiger partial charge in [0.25, 0.3) is 5.91 Å². The third-order valence-corrected chi connectivity index (χ3v) is 3.74. The second-order valence-electron chi connectivity index (χ2n) is 4.26. The highest BCUT2D eigenvalue weighted by molar-refractivity contribution is 9.08. The van der Waals surface area contributed by atoms with Gasteiger partial charge in [0.05, 0.1) is 5.02 Å². The number of carbonyl (C=O) groups is 1. The minimum atomic E-state index is -0.466. The molecular formula is C15H12BrClFNO. The molecule has 0 fully saturated rings. The summed E-state index contributed by atoms with van der Waals surface area (Å²) >= 11 is 9.04. The monoisotopic (exact) mass is 355 g/mol. The molecule has 0 radical (unpaired) electrons. The molecule has 2 aromatic rings. The molecule has 0 saturated heterocycles. The highest BCUT2D eigenvalue weighted by Crippen LogP contribution is 2.16. The van der Waals surface area contributed by atoms with E-state index >= 15 is 0 Å². The van der Waals surface area contributed by atoms with Gasteiger partial charge in [0.15, 0.2) is 0 Å². The first-order valence-electron chi connectivity index (χ1n) is 5.97. The number of benzene rings is 2. The van der Waals surface area contributed by atoms with Crippen LogP contribution in [0, 0.1) is 5.82 Å². The summed E-state index contributed by atoms with van der Waals surface area (Å²) in [4.78, 5) is 11.9. The number of nitrogens with one attached hydrogen (secondary N) is 1. The van der Waals surface area contributed by atoms with Gasteiger partial charge in [-0.15, -0.1) is 0 Å². The normalized spacial score (nSPS) is 10.3. The van der Waals surface area contributed by atoms with Crippen molar-refractivity contribution in [1.82, 2.24) is 5.32 Å². The molecule has 0 aliphatic rings. The Hall–Kier alpha value is -1.39. The summed E-state index contributed by atoms with van der Waals surface area (Å²) in [6.07, 6.45) is 0. The predicted octanol–water partition coefficient (Wildman–Crippen LogP) is 4.30. The van der Waals surface area contributed by atoms with Crippen LogP contribution in [0.15, 0.2) is 42.5 Å². The van der Waals surface area contributed by atoms with Crippen LogP contribution in [0.2, 0.25) is 5.02 Å². The first-order chi connectivity index (χ1) is 9.60. The zero-order valence-corrected chi connectivity index (χ0v) is 12.8. The molecule has 0 bridgehead atoms. The summed E-state index contributed by atoms with van der Waals surface area (Å²) in [5.41, 5.74) is 2.44. The van der Waals surface area contributed by atoms with Gasteiger partial charge in [0.2, 0.25) is 0 Å². The van der Waals surface area contributed by atoms with Crippen molar-refractivity contribution >= 4 is 33.4 Å². The van der Waals surface area contributed by atoms with E-state index in [9.17, 15) is 9.18 Å². The van der Waals surface area contributed by atoms with Crippen LogP contribution >= 0.6 is 27.5 Å². The van der Waals surface area contributed by atoms with Crippen molar-refractivity contribution in [3.63, 3.8) is 0 Å². The van der Waals surface area contributed by atoms with E-state index in [0.29, 0.717) is 12.1 Å². The Kier molecular flexibility index (Phi) is 5.15. The van der Waals surface area contributed by atoms with Crippen molar-refractivity contribution < 1.29 is 9.18 Å². The molecule has 1 N–H and O–H groups in total. The predicted molar refractivity (Wildman–Crippen MR) is 81.7 cm³/mol. The number of hydrogen-bond donors (Lipinski definition) is 1. The zero-order chi connectivity index (χ0) is 14.5. The molecule has 0 aromatic heterocycles. The van der Waals surface area contributed by atoms with E-state index in [1.807, 2.05) is 12.1 Å². The molecular weight excluding hydrogens is 345 g/mol. The fourth-order valence-electron chi connectivity index (χ4n) is 1.68. The van der Waals surface area contributed by atoms with Gasteiger partial charge in [-0.3, -0.25) is 4.79 Å². The largest absolute Gasteiger partial charge is 0.348 e. The van der Waals surface area contributed by atoms with E-state index in [-0.39, 0.29) is 10.9 Å². The van der Waals surface area contributed by atoms with Crippen molar-refractivity contribution in [3.05, 3.63) is 70.0 Å². The molecule has 0 spiro atoms. The van der Waals surface area contributed by atoms with Gasteiger partial charge in [-0.25, -0.2) is 4.39 Å². The van der Waals surface area contributed by atoms with Gasteiger partial charge in [0.1, 0.15) is 5.82 Å². The van der Waals surface area contributed by atoms with Crippen molar-refractivity contribution in [1.29, 1.82) is 0 Å². The summed E-state index contributed by atoms with van der Waals surface area (Å²) in [7, 11) is 0. The van der Waals surface area contributed by atoms with Gasteiger partial charge >= 0.3 is 0 Å². The van der Waals surface area contributed by atoms with Crippen LogP contribution < -0.4 is 5.32 Å². The molecule has 0 aliphatic carbocycles. The van der Waals surface area contributed by atoms with Crippen LogP contribution in [-0.4, -0.2) is 5.91 Å². The Morgan fingerprint density at radius 1 is 1.15 bits per heavy atom. The molecule has 0 atom stereocenters. The number of carbonyl (C=O) groups excluding carboxylic acids is 1. The van der Waals surface area contributed by atoms with Crippen LogP contribution in [0.1, 0.15) is 21.5 Å².